The maximum Gasteiger partial charge on any atom is 0.337 e. The van der Waals surface area contributed by atoms with Crippen LogP contribution in [0.4, 0.5) is 10.1 Å². The SMILES string of the molecule is COC(=O)c1ccc(NC[C@@H]2C[C@H](F)CN2)cc1. The number of hydrogen-bond donors (Lipinski definition) is 2. The molecule has 0 radical (unpaired) electrons. The van der Waals surface area contributed by atoms with Crippen LogP contribution in [0.3, 0.4) is 0 Å². The Morgan fingerprint density at radius 2 is 2.22 bits per heavy atom. The Hall–Kier alpha value is -1.62. The van der Waals surface area contributed by atoms with E-state index in [0.29, 0.717) is 25.1 Å². The third-order valence-corrected chi connectivity index (χ3v) is 3.03. The van der Waals surface area contributed by atoms with Gasteiger partial charge in [-0.05, 0) is 30.7 Å². The Kier molecular flexibility index (Phi) is 4.15. The highest BCUT2D eigenvalue weighted by Crippen LogP contribution is 2.13. The van der Waals surface area contributed by atoms with Gasteiger partial charge in [0.05, 0.1) is 12.7 Å². The Balaban J connectivity index is 1.85. The van der Waals surface area contributed by atoms with E-state index in [4.69, 9.17) is 0 Å². The zero-order chi connectivity index (χ0) is 13.0. The molecule has 0 saturated carbocycles. The molecule has 1 aliphatic rings. The average Bonchev–Trinajstić information content (AvgIpc) is 2.82. The van der Waals surface area contributed by atoms with E-state index in [0.717, 1.165) is 5.69 Å². The second-order valence-electron chi connectivity index (χ2n) is 4.39. The van der Waals surface area contributed by atoms with Gasteiger partial charge >= 0.3 is 5.97 Å². The van der Waals surface area contributed by atoms with Crippen molar-refractivity contribution in [1.82, 2.24) is 5.32 Å². The number of anilines is 1. The highest BCUT2D eigenvalue weighted by atomic mass is 19.1. The summed E-state index contributed by atoms with van der Waals surface area (Å²) in [5.41, 5.74) is 1.43. The van der Waals surface area contributed by atoms with Gasteiger partial charge in [0.15, 0.2) is 0 Å². The second-order valence-corrected chi connectivity index (χ2v) is 4.39. The number of rotatable bonds is 4. The minimum absolute atomic E-state index is 0.167. The maximum atomic E-state index is 12.9. The van der Waals surface area contributed by atoms with Crippen LogP contribution in [0.1, 0.15) is 16.8 Å². The summed E-state index contributed by atoms with van der Waals surface area (Å²) < 4.78 is 17.6. The van der Waals surface area contributed by atoms with Gasteiger partial charge in [-0.3, -0.25) is 0 Å². The van der Waals surface area contributed by atoms with Gasteiger partial charge in [-0.2, -0.15) is 0 Å². The molecule has 98 valence electrons. The lowest BCUT2D eigenvalue weighted by molar-refractivity contribution is 0.0601. The standard InChI is InChI=1S/C13H17FN2O2/c1-18-13(17)9-2-4-11(5-3-9)16-8-12-6-10(14)7-15-12/h2-5,10,12,15-16H,6-8H2,1H3/t10-,12-/m0/s1. The molecule has 1 aromatic rings. The topological polar surface area (TPSA) is 50.4 Å². The third-order valence-electron chi connectivity index (χ3n) is 3.03. The predicted octanol–water partition coefficient (Wildman–Crippen LogP) is 1.59. The number of carbonyl (C=O) groups excluding carboxylic acids is 1. The van der Waals surface area contributed by atoms with Gasteiger partial charge < -0.3 is 15.4 Å². The number of nitrogens with one attached hydrogen (secondary N) is 2. The first-order chi connectivity index (χ1) is 8.69. The molecule has 18 heavy (non-hydrogen) atoms. The van der Waals surface area contributed by atoms with Crippen molar-refractivity contribution in [2.45, 2.75) is 18.6 Å². The molecular weight excluding hydrogens is 235 g/mol. The molecular formula is C13H17FN2O2. The molecule has 0 aromatic heterocycles. The minimum atomic E-state index is -0.737. The summed E-state index contributed by atoms with van der Waals surface area (Å²) in [5.74, 6) is -0.348. The molecule has 2 rings (SSSR count). The number of hydrogen-bond acceptors (Lipinski definition) is 4. The van der Waals surface area contributed by atoms with E-state index in [-0.39, 0.29) is 12.0 Å². The Morgan fingerprint density at radius 3 is 2.78 bits per heavy atom. The summed E-state index contributed by atoms with van der Waals surface area (Å²) in [4.78, 5) is 11.2. The van der Waals surface area contributed by atoms with E-state index in [9.17, 15) is 9.18 Å². The molecule has 0 spiro atoms. The molecule has 1 aromatic carbocycles. The van der Waals surface area contributed by atoms with Crippen molar-refractivity contribution in [1.29, 1.82) is 0 Å². The molecule has 1 saturated heterocycles. The van der Waals surface area contributed by atoms with Crippen molar-refractivity contribution >= 4 is 11.7 Å². The lowest BCUT2D eigenvalue weighted by atomic mass is 10.2. The number of halogens is 1. The Labute approximate surface area is 106 Å². The van der Waals surface area contributed by atoms with Gasteiger partial charge in [-0.25, -0.2) is 9.18 Å². The molecule has 1 aliphatic heterocycles. The highest BCUT2D eigenvalue weighted by Gasteiger charge is 2.22. The summed E-state index contributed by atoms with van der Waals surface area (Å²) >= 11 is 0. The van der Waals surface area contributed by atoms with Crippen molar-refractivity contribution in [3.63, 3.8) is 0 Å². The van der Waals surface area contributed by atoms with Crippen molar-refractivity contribution in [2.75, 3.05) is 25.5 Å². The molecule has 1 heterocycles. The zero-order valence-electron chi connectivity index (χ0n) is 10.3. The third kappa shape index (κ3) is 3.20. The number of carbonyl (C=O) groups is 1. The summed E-state index contributed by atoms with van der Waals surface area (Å²) in [6, 6.07) is 7.20. The number of methoxy groups -OCH3 is 1. The number of esters is 1. The fraction of sp³-hybridized carbons (Fsp3) is 0.462. The van der Waals surface area contributed by atoms with Crippen LogP contribution >= 0.6 is 0 Å². The normalized spacial score (nSPS) is 22.8. The molecule has 4 nitrogen and oxygen atoms in total. The van der Waals surface area contributed by atoms with Crippen LogP contribution in [-0.2, 0) is 4.74 Å². The van der Waals surface area contributed by atoms with Crippen LogP contribution in [0.2, 0.25) is 0 Å². The number of alkyl halides is 1. The first-order valence-electron chi connectivity index (χ1n) is 5.98. The van der Waals surface area contributed by atoms with Gasteiger partial charge in [0.25, 0.3) is 0 Å². The quantitative estimate of drug-likeness (QED) is 0.799. The monoisotopic (exact) mass is 252 g/mol. The molecule has 2 atom stereocenters. The van der Waals surface area contributed by atoms with E-state index >= 15 is 0 Å². The largest absolute Gasteiger partial charge is 0.465 e. The van der Waals surface area contributed by atoms with Crippen molar-refractivity contribution in [2.24, 2.45) is 0 Å². The highest BCUT2D eigenvalue weighted by molar-refractivity contribution is 5.89. The van der Waals surface area contributed by atoms with Gasteiger partial charge in [0, 0.05) is 24.8 Å². The molecule has 0 unspecified atom stereocenters. The van der Waals surface area contributed by atoms with Gasteiger partial charge in [-0.1, -0.05) is 0 Å². The molecule has 1 fully saturated rings. The Morgan fingerprint density at radius 1 is 1.50 bits per heavy atom. The predicted molar refractivity (Wildman–Crippen MR) is 67.6 cm³/mol. The number of benzene rings is 1. The van der Waals surface area contributed by atoms with Crippen LogP contribution < -0.4 is 10.6 Å². The molecule has 0 amide bonds. The smallest absolute Gasteiger partial charge is 0.337 e. The van der Waals surface area contributed by atoms with E-state index < -0.39 is 6.17 Å². The fourth-order valence-corrected chi connectivity index (χ4v) is 2.01. The van der Waals surface area contributed by atoms with E-state index in [1.807, 2.05) is 12.1 Å². The molecule has 0 bridgehead atoms. The van der Waals surface area contributed by atoms with Gasteiger partial charge in [0.2, 0.25) is 0 Å². The van der Waals surface area contributed by atoms with Crippen LogP contribution in [0.15, 0.2) is 24.3 Å². The average molecular weight is 252 g/mol. The summed E-state index contributed by atoms with van der Waals surface area (Å²) in [7, 11) is 1.35. The Bertz CT molecular complexity index is 408. The summed E-state index contributed by atoms with van der Waals surface area (Å²) in [6.45, 7) is 1.12. The molecule has 0 aliphatic carbocycles. The first kappa shape index (κ1) is 12.8. The first-order valence-corrected chi connectivity index (χ1v) is 5.98. The lowest BCUT2D eigenvalue weighted by Crippen LogP contribution is -2.29. The summed E-state index contributed by atoms with van der Waals surface area (Å²) in [6.07, 6.45) is -0.189. The van der Waals surface area contributed by atoms with Crippen LogP contribution in [0.25, 0.3) is 0 Å². The van der Waals surface area contributed by atoms with Crippen molar-refractivity contribution in [3.8, 4) is 0 Å². The van der Waals surface area contributed by atoms with Crippen LogP contribution in [-0.4, -0.2) is 38.4 Å². The fourth-order valence-electron chi connectivity index (χ4n) is 2.01. The maximum absolute atomic E-state index is 12.9. The number of ether oxygens (including phenoxy) is 1. The van der Waals surface area contributed by atoms with Crippen LogP contribution in [0, 0.1) is 0 Å². The van der Waals surface area contributed by atoms with Crippen molar-refractivity contribution in [3.05, 3.63) is 29.8 Å². The lowest BCUT2D eigenvalue weighted by Gasteiger charge is -2.12. The minimum Gasteiger partial charge on any atom is -0.465 e. The van der Waals surface area contributed by atoms with Gasteiger partial charge in [0.1, 0.15) is 6.17 Å². The second kappa shape index (κ2) is 5.82. The van der Waals surface area contributed by atoms with E-state index in [1.54, 1.807) is 12.1 Å². The molecule has 5 heteroatoms. The summed E-state index contributed by atoms with van der Waals surface area (Å²) in [5, 5.41) is 6.31. The van der Waals surface area contributed by atoms with Crippen molar-refractivity contribution < 1.29 is 13.9 Å². The van der Waals surface area contributed by atoms with E-state index in [2.05, 4.69) is 15.4 Å². The zero-order valence-corrected chi connectivity index (χ0v) is 10.3. The van der Waals surface area contributed by atoms with Gasteiger partial charge in [-0.15, -0.1) is 0 Å². The van der Waals surface area contributed by atoms with Crippen LogP contribution in [0.5, 0.6) is 0 Å². The molecule has 2 N–H and O–H groups in total. The van der Waals surface area contributed by atoms with E-state index in [1.165, 1.54) is 7.11 Å².